The van der Waals surface area contributed by atoms with Crippen molar-refractivity contribution < 1.29 is 28.6 Å². The second kappa shape index (κ2) is 10.9. The summed E-state index contributed by atoms with van der Waals surface area (Å²) in [6.07, 6.45) is 1.43. The molecule has 0 spiro atoms. The number of aromatic nitrogens is 2. The number of esters is 1. The number of likely N-dealkylation sites (N-methyl/N-ethyl adjacent to an activating group) is 1. The van der Waals surface area contributed by atoms with E-state index < -0.39 is 0 Å². The first-order valence-electron chi connectivity index (χ1n) is 10.8. The predicted octanol–water partition coefficient (Wildman–Crippen LogP) is 2.03. The molecule has 10 nitrogen and oxygen atoms in total. The molecule has 0 N–H and O–H groups in total. The van der Waals surface area contributed by atoms with Gasteiger partial charge in [-0.05, 0) is 32.3 Å². The number of likely N-dealkylation sites (tertiary alicyclic amines) is 1. The van der Waals surface area contributed by atoms with Crippen molar-refractivity contribution >= 4 is 39.3 Å². The normalized spacial score (nSPS) is 16.0. The number of amides is 2. The second-order valence-electron chi connectivity index (χ2n) is 7.91. The molecule has 0 bridgehead atoms. The first-order valence-corrected chi connectivity index (χ1v) is 11.6. The first kappa shape index (κ1) is 24.8. The highest BCUT2D eigenvalue weighted by molar-refractivity contribution is 7.20. The molecule has 1 atom stereocenters. The number of piperidine rings is 1. The van der Waals surface area contributed by atoms with Gasteiger partial charge in [0.2, 0.25) is 11.8 Å². The van der Waals surface area contributed by atoms with E-state index in [1.54, 1.807) is 26.0 Å². The van der Waals surface area contributed by atoms with Crippen molar-refractivity contribution in [2.24, 2.45) is 5.92 Å². The van der Waals surface area contributed by atoms with Gasteiger partial charge < -0.3 is 24.0 Å². The minimum absolute atomic E-state index is 0.0835. The number of aryl methyl sites for hydroxylation is 1. The monoisotopic (exact) mass is 478 g/mol. The van der Waals surface area contributed by atoms with Gasteiger partial charge in [-0.25, -0.2) is 4.98 Å². The van der Waals surface area contributed by atoms with E-state index in [2.05, 4.69) is 9.97 Å². The van der Waals surface area contributed by atoms with Crippen LogP contribution in [0.2, 0.25) is 0 Å². The summed E-state index contributed by atoms with van der Waals surface area (Å²) >= 11 is 1.24. The maximum Gasteiger partial charge on any atom is 0.310 e. The summed E-state index contributed by atoms with van der Waals surface area (Å²) in [5, 5.41) is 0.679. The third-order valence-corrected chi connectivity index (χ3v) is 6.75. The number of thiophene rings is 1. The summed E-state index contributed by atoms with van der Waals surface area (Å²) in [4.78, 5) is 51.1. The minimum Gasteiger partial charge on any atom is -0.480 e. The van der Waals surface area contributed by atoms with Gasteiger partial charge in [-0.1, -0.05) is 0 Å². The Morgan fingerprint density at radius 1 is 1.24 bits per heavy atom. The molecule has 3 rings (SSSR count). The van der Waals surface area contributed by atoms with E-state index in [9.17, 15) is 14.4 Å². The maximum absolute atomic E-state index is 13.2. The van der Waals surface area contributed by atoms with E-state index >= 15 is 0 Å². The lowest BCUT2D eigenvalue weighted by Gasteiger charge is -2.32. The van der Waals surface area contributed by atoms with Gasteiger partial charge in [-0.15, -0.1) is 11.3 Å². The van der Waals surface area contributed by atoms with Crippen LogP contribution in [0.15, 0.2) is 0 Å². The van der Waals surface area contributed by atoms with Crippen LogP contribution >= 0.6 is 11.3 Å². The maximum atomic E-state index is 13.2. The zero-order valence-corrected chi connectivity index (χ0v) is 20.5. The molecule has 2 amide bonds. The number of ether oxygens (including phenoxy) is 3. The van der Waals surface area contributed by atoms with Crippen LogP contribution < -0.4 is 4.74 Å². The van der Waals surface area contributed by atoms with Crippen molar-refractivity contribution in [1.82, 2.24) is 19.8 Å². The van der Waals surface area contributed by atoms with Crippen molar-refractivity contribution in [2.75, 3.05) is 47.5 Å². The molecule has 3 heterocycles. The molecule has 0 radical (unpaired) electrons. The fourth-order valence-corrected chi connectivity index (χ4v) is 5.08. The predicted molar refractivity (Wildman–Crippen MR) is 122 cm³/mol. The number of rotatable bonds is 8. The smallest absolute Gasteiger partial charge is 0.310 e. The zero-order valence-electron chi connectivity index (χ0n) is 19.7. The number of carbonyl (C=O) groups is 3. The van der Waals surface area contributed by atoms with Crippen LogP contribution in [-0.2, 0) is 25.7 Å². The van der Waals surface area contributed by atoms with Crippen LogP contribution in [0, 0.1) is 12.8 Å². The molecule has 33 heavy (non-hydrogen) atoms. The Morgan fingerprint density at radius 2 is 2.00 bits per heavy atom. The minimum atomic E-state index is -0.319. The number of hydrogen-bond acceptors (Lipinski definition) is 9. The van der Waals surface area contributed by atoms with Crippen LogP contribution in [0.1, 0.15) is 40.8 Å². The molecule has 1 aliphatic heterocycles. The van der Waals surface area contributed by atoms with Gasteiger partial charge in [0.05, 0.1) is 36.4 Å². The Bertz CT molecular complexity index is 1040. The third-order valence-electron chi connectivity index (χ3n) is 5.58. The van der Waals surface area contributed by atoms with E-state index in [4.69, 9.17) is 14.2 Å². The quantitative estimate of drug-likeness (QED) is 0.530. The Hall–Kier alpha value is -2.79. The third kappa shape index (κ3) is 5.41. The summed E-state index contributed by atoms with van der Waals surface area (Å²) in [6, 6.07) is 0. The lowest BCUT2D eigenvalue weighted by molar-refractivity contribution is -0.151. The van der Waals surface area contributed by atoms with Crippen LogP contribution in [0.4, 0.5) is 0 Å². The van der Waals surface area contributed by atoms with Gasteiger partial charge in [-0.2, -0.15) is 4.98 Å². The summed E-state index contributed by atoms with van der Waals surface area (Å²) in [5.41, 5.74) is 0.709. The van der Waals surface area contributed by atoms with Gasteiger partial charge in [0, 0.05) is 27.2 Å². The number of carbonyl (C=O) groups excluding carboxylic acids is 3. The molecule has 2 aromatic heterocycles. The molecule has 1 saturated heterocycles. The molecule has 11 heteroatoms. The molecular weight excluding hydrogens is 448 g/mol. The molecule has 0 aromatic carbocycles. The van der Waals surface area contributed by atoms with Crippen molar-refractivity contribution in [3.8, 4) is 5.88 Å². The lowest BCUT2D eigenvalue weighted by atomic mass is 9.98. The second-order valence-corrected chi connectivity index (χ2v) is 8.91. The van der Waals surface area contributed by atoms with Gasteiger partial charge in [0.25, 0.3) is 5.91 Å². The standard InChI is InChI=1S/C22H30N4O6S/c1-6-32-22(29)14-8-7-9-26(10-14)16(27)11-25(3)21(28)18-13(2)17-19(31-5)23-15(12-30-4)24-20(17)33-18/h14H,6-12H2,1-5H3. The van der Waals surface area contributed by atoms with Gasteiger partial charge >= 0.3 is 5.97 Å². The van der Waals surface area contributed by atoms with Crippen LogP contribution in [0.5, 0.6) is 5.88 Å². The van der Waals surface area contributed by atoms with Gasteiger partial charge in [-0.3, -0.25) is 14.4 Å². The fourth-order valence-electron chi connectivity index (χ4n) is 3.89. The summed E-state index contributed by atoms with van der Waals surface area (Å²) in [7, 11) is 4.66. The average Bonchev–Trinajstić information content (AvgIpc) is 3.14. The highest BCUT2D eigenvalue weighted by Crippen LogP contribution is 2.35. The molecule has 180 valence electrons. The molecule has 1 fully saturated rings. The molecule has 1 unspecified atom stereocenters. The van der Waals surface area contributed by atoms with Crippen LogP contribution in [0.25, 0.3) is 10.2 Å². The first-order chi connectivity index (χ1) is 15.8. The molecule has 2 aromatic rings. The Morgan fingerprint density at radius 3 is 2.67 bits per heavy atom. The zero-order chi connectivity index (χ0) is 24.1. The summed E-state index contributed by atoms with van der Waals surface area (Å²) in [5.74, 6) is -0.218. The number of fused-ring (bicyclic) bond motifs is 1. The van der Waals surface area contributed by atoms with Crippen molar-refractivity contribution in [3.63, 3.8) is 0 Å². The topological polar surface area (TPSA) is 111 Å². The highest BCUT2D eigenvalue weighted by atomic mass is 32.1. The summed E-state index contributed by atoms with van der Waals surface area (Å²) < 4.78 is 15.6. The molecular formula is C22H30N4O6S. The van der Waals surface area contributed by atoms with Gasteiger partial charge in [0.1, 0.15) is 11.4 Å². The number of nitrogens with zero attached hydrogens (tertiary/aromatic N) is 4. The SMILES string of the molecule is CCOC(=O)C1CCCN(C(=O)CN(C)C(=O)c2sc3nc(COC)nc(OC)c3c2C)C1. The average molecular weight is 479 g/mol. The van der Waals surface area contributed by atoms with E-state index in [0.29, 0.717) is 58.5 Å². The molecule has 0 aliphatic carbocycles. The Balaban J connectivity index is 1.75. The van der Waals surface area contributed by atoms with Crippen LogP contribution in [-0.4, -0.2) is 85.1 Å². The Labute approximate surface area is 196 Å². The van der Waals surface area contributed by atoms with E-state index in [1.807, 2.05) is 6.92 Å². The summed E-state index contributed by atoms with van der Waals surface area (Å²) in [6.45, 7) is 4.92. The largest absolute Gasteiger partial charge is 0.480 e. The number of hydrogen-bond donors (Lipinski definition) is 0. The molecule has 0 saturated carbocycles. The fraction of sp³-hybridized carbons (Fsp3) is 0.591. The van der Waals surface area contributed by atoms with Crippen molar-refractivity contribution in [2.45, 2.75) is 33.3 Å². The number of methoxy groups -OCH3 is 2. The van der Waals surface area contributed by atoms with E-state index in [0.717, 1.165) is 6.42 Å². The van der Waals surface area contributed by atoms with Gasteiger partial charge in [0.15, 0.2) is 5.82 Å². The van der Waals surface area contributed by atoms with Crippen molar-refractivity contribution in [3.05, 3.63) is 16.3 Å². The Kier molecular flexibility index (Phi) is 8.20. The van der Waals surface area contributed by atoms with E-state index in [1.165, 1.54) is 23.3 Å². The van der Waals surface area contributed by atoms with E-state index in [-0.39, 0.29) is 36.9 Å². The lowest BCUT2D eigenvalue weighted by Crippen LogP contribution is -2.47. The molecule has 1 aliphatic rings. The van der Waals surface area contributed by atoms with Crippen LogP contribution in [0.3, 0.4) is 0 Å². The van der Waals surface area contributed by atoms with Crippen molar-refractivity contribution in [1.29, 1.82) is 0 Å². The highest BCUT2D eigenvalue weighted by Gasteiger charge is 2.31.